The fourth-order valence-electron chi connectivity index (χ4n) is 2.70. The van der Waals surface area contributed by atoms with Gasteiger partial charge in [-0.3, -0.25) is 9.78 Å². The molecule has 0 saturated heterocycles. The number of hydrogen-bond donors (Lipinski definition) is 0. The predicted octanol–water partition coefficient (Wildman–Crippen LogP) is 3.53. The lowest BCUT2D eigenvalue weighted by Gasteiger charge is -2.21. The molecule has 1 amide bonds. The Morgan fingerprint density at radius 1 is 1.16 bits per heavy atom. The monoisotopic (exact) mass is 348 g/mol. The van der Waals surface area contributed by atoms with E-state index in [1.54, 1.807) is 24.4 Å². The number of aliphatic imine (C=N–C) groups is 2. The number of fused-ring (bicyclic) bond motifs is 2. The highest BCUT2D eigenvalue weighted by Crippen LogP contribution is 2.23. The number of hydrogen-bond acceptors (Lipinski definition) is 3. The van der Waals surface area contributed by atoms with Crippen molar-refractivity contribution in [3.05, 3.63) is 88.9 Å². The van der Waals surface area contributed by atoms with Crippen LogP contribution < -0.4 is 0 Å². The van der Waals surface area contributed by atoms with Gasteiger partial charge in [0, 0.05) is 30.7 Å². The van der Waals surface area contributed by atoms with Crippen LogP contribution in [0, 0.1) is 0 Å². The molecular formula is C19H13ClN4O. The lowest BCUT2D eigenvalue weighted by atomic mass is 10.1. The molecule has 1 aromatic heterocycles. The van der Waals surface area contributed by atoms with Gasteiger partial charge < -0.3 is 4.90 Å². The van der Waals surface area contributed by atoms with E-state index in [1.807, 2.05) is 41.4 Å². The number of rotatable bonds is 1. The largest absolute Gasteiger partial charge is 0.327 e. The summed E-state index contributed by atoms with van der Waals surface area (Å²) >= 11 is 6.10. The van der Waals surface area contributed by atoms with E-state index in [9.17, 15) is 4.79 Å². The molecule has 1 aromatic carbocycles. The Bertz CT molecular complexity index is 960. The summed E-state index contributed by atoms with van der Waals surface area (Å²) in [5.74, 6) is 0.709. The van der Waals surface area contributed by atoms with Crippen molar-refractivity contribution in [1.82, 2.24) is 9.88 Å². The summed E-state index contributed by atoms with van der Waals surface area (Å²) < 4.78 is 0. The number of allylic oxidation sites excluding steroid dienone is 2. The van der Waals surface area contributed by atoms with Crippen molar-refractivity contribution in [1.29, 1.82) is 0 Å². The van der Waals surface area contributed by atoms with Crippen LogP contribution in [-0.2, 0) is 6.54 Å². The smallest absolute Gasteiger partial charge is 0.280 e. The molecule has 0 bridgehead atoms. The minimum Gasteiger partial charge on any atom is -0.327 e. The molecular weight excluding hydrogens is 336 g/mol. The highest BCUT2D eigenvalue weighted by molar-refractivity contribution is 6.32. The van der Waals surface area contributed by atoms with E-state index in [1.165, 1.54) is 6.20 Å². The Labute approximate surface area is 149 Å². The molecule has 25 heavy (non-hydrogen) atoms. The molecule has 3 heterocycles. The molecule has 0 fully saturated rings. The maximum atomic E-state index is 12.5. The van der Waals surface area contributed by atoms with Gasteiger partial charge in [-0.2, -0.15) is 4.99 Å². The summed E-state index contributed by atoms with van der Waals surface area (Å²) in [6.07, 6.45) is 8.53. The fraction of sp³-hybridized carbons (Fsp3) is 0.0526. The van der Waals surface area contributed by atoms with Gasteiger partial charge in [-0.05, 0) is 29.8 Å². The van der Waals surface area contributed by atoms with Crippen LogP contribution in [-0.4, -0.2) is 27.5 Å². The van der Waals surface area contributed by atoms with Crippen LogP contribution in [0.15, 0.2) is 82.2 Å². The zero-order valence-electron chi connectivity index (χ0n) is 13.1. The van der Waals surface area contributed by atoms with Gasteiger partial charge in [-0.15, -0.1) is 0 Å². The number of nitrogens with zero attached hydrogens (tertiary/aromatic N) is 4. The molecule has 0 radical (unpaired) electrons. The van der Waals surface area contributed by atoms with Crippen molar-refractivity contribution in [2.75, 3.05) is 0 Å². The number of halogens is 1. The lowest BCUT2D eigenvalue weighted by Crippen LogP contribution is -2.25. The van der Waals surface area contributed by atoms with Crippen molar-refractivity contribution in [3.8, 4) is 0 Å². The van der Waals surface area contributed by atoms with Crippen molar-refractivity contribution in [2.24, 2.45) is 9.98 Å². The van der Waals surface area contributed by atoms with Crippen LogP contribution in [0.3, 0.4) is 0 Å². The molecule has 0 unspecified atom stereocenters. The Morgan fingerprint density at radius 3 is 2.88 bits per heavy atom. The third-order valence-corrected chi connectivity index (χ3v) is 4.12. The van der Waals surface area contributed by atoms with Gasteiger partial charge in [-0.25, -0.2) is 4.99 Å². The molecule has 4 rings (SSSR count). The van der Waals surface area contributed by atoms with Crippen molar-refractivity contribution < 1.29 is 4.79 Å². The van der Waals surface area contributed by atoms with Crippen molar-refractivity contribution in [3.63, 3.8) is 0 Å². The molecule has 0 spiro atoms. The first-order valence-corrected chi connectivity index (χ1v) is 8.10. The average Bonchev–Trinajstić information content (AvgIpc) is 2.79. The number of amidine groups is 2. The third kappa shape index (κ3) is 3.14. The molecule has 6 heteroatoms. The minimum absolute atomic E-state index is 0.371. The first kappa shape index (κ1) is 15.5. The minimum atomic E-state index is -0.371. The quantitative estimate of drug-likeness (QED) is 0.792. The van der Waals surface area contributed by atoms with E-state index in [0.29, 0.717) is 28.8 Å². The second-order valence-electron chi connectivity index (χ2n) is 5.58. The topological polar surface area (TPSA) is 57.9 Å². The van der Waals surface area contributed by atoms with E-state index < -0.39 is 0 Å². The van der Waals surface area contributed by atoms with Crippen LogP contribution >= 0.6 is 11.6 Å². The van der Waals surface area contributed by atoms with Gasteiger partial charge in [0.2, 0.25) is 0 Å². The van der Waals surface area contributed by atoms with E-state index >= 15 is 0 Å². The normalized spacial score (nSPS) is 17.3. The zero-order valence-corrected chi connectivity index (χ0v) is 13.9. The van der Waals surface area contributed by atoms with Gasteiger partial charge in [-0.1, -0.05) is 35.9 Å². The highest BCUT2D eigenvalue weighted by Gasteiger charge is 2.21. The standard InChI is InChI=1S/C19H13ClN4O/c20-15-7-8-17-22-18(23-19(25)13-5-3-9-21-10-13)16-6-2-1-4-14(16)11-24(17)12-15/h1-10,12H,11H2. The molecule has 2 aliphatic heterocycles. The van der Waals surface area contributed by atoms with Gasteiger partial charge >= 0.3 is 0 Å². The van der Waals surface area contributed by atoms with Gasteiger partial charge in [0.1, 0.15) is 5.84 Å². The maximum Gasteiger partial charge on any atom is 0.280 e. The number of pyridine rings is 1. The molecule has 2 aliphatic rings. The van der Waals surface area contributed by atoms with E-state index in [4.69, 9.17) is 11.6 Å². The van der Waals surface area contributed by atoms with Crippen LogP contribution in [0.5, 0.6) is 0 Å². The molecule has 0 atom stereocenters. The summed E-state index contributed by atoms with van der Waals surface area (Å²) in [6.45, 7) is 0.607. The SMILES string of the molecule is O=C(N=C1N=C2C=CC(Cl)=CN2Cc2ccccc21)c1cccnc1. The Hall–Kier alpha value is -3.05. The number of carbonyl (C=O) groups is 1. The Morgan fingerprint density at radius 2 is 2.04 bits per heavy atom. The first-order valence-electron chi connectivity index (χ1n) is 7.73. The Kier molecular flexibility index (Phi) is 3.99. The van der Waals surface area contributed by atoms with E-state index in [0.717, 1.165) is 11.1 Å². The number of amides is 1. The molecule has 5 nitrogen and oxygen atoms in total. The van der Waals surface area contributed by atoms with Crippen LogP contribution in [0.1, 0.15) is 21.5 Å². The average molecular weight is 349 g/mol. The fourth-order valence-corrected chi connectivity index (χ4v) is 2.88. The second kappa shape index (κ2) is 6.45. The van der Waals surface area contributed by atoms with Crippen LogP contribution in [0.2, 0.25) is 0 Å². The molecule has 0 aliphatic carbocycles. The number of aromatic nitrogens is 1. The summed E-state index contributed by atoms with van der Waals surface area (Å²) in [6, 6.07) is 11.2. The van der Waals surface area contributed by atoms with Crippen molar-refractivity contribution >= 4 is 29.2 Å². The first-order chi connectivity index (χ1) is 12.2. The highest BCUT2D eigenvalue weighted by atomic mass is 35.5. The number of carbonyl (C=O) groups excluding carboxylic acids is 1. The third-order valence-electron chi connectivity index (χ3n) is 3.90. The van der Waals surface area contributed by atoms with Crippen LogP contribution in [0.25, 0.3) is 0 Å². The van der Waals surface area contributed by atoms with Gasteiger partial charge in [0.15, 0.2) is 5.84 Å². The van der Waals surface area contributed by atoms with E-state index in [-0.39, 0.29) is 5.91 Å². The molecule has 2 aromatic rings. The van der Waals surface area contributed by atoms with Gasteiger partial charge in [0.05, 0.1) is 10.6 Å². The summed E-state index contributed by atoms with van der Waals surface area (Å²) in [4.78, 5) is 27.2. The summed E-state index contributed by atoms with van der Waals surface area (Å²) in [7, 11) is 0. The number of benzene rings is 1. The predicted molar refractivity (Wildman–Crippen MR) is 97.6 cm³/mol. The van der Waals surface area contributed by atoms with Crippen molar-refractivity contribution in [2.45, 2.75) is 6.54 Å². The van der Waals surface area contributed by atoms with E-state index in [2.05, 4.69) is 15.0 Å². The molecule has 0 saturated carbocycles. The summed E-state index contributed by atoms with van der Waals surface area (Å²) in [5, 5.41) is 0.628. The zero-order chi connectivity index (χ0) is 17.2. The summed E-state index contributed by atoms with van der Waals surface area (Å²) in [5.41, 5.74) is 2.28. The lowest BCUT2D eigenvalue weighted by molar-refractivity contribution is 0.100. The molecule has 122 valence electrons. The second-order valence-corrected chi connectivity index (χ2v) is 6.02. The Balaban J connectivity index is 1.82. The van der Waals surface area contributed by atoms with Crippen LogP contribution in [0.4, 0.5) is 0 Å². The maximum absolute atomic E-state index is 12.5. The molecule has 0 N–H and O–H groups in total. The van der Waals surface area contributed by atoms with Gasteiger partial charge in [0.25, 0.3) is 5.91 Å².